The number of carboxylic acid groups (broad SMARTS) is 1. The van der Waals surface area contributed by atoms with Gasteiger partial charge in [-0.05, 0) is 98.7 Å². The number of fused-ring (bicyclic) bond motifs is 1. The van der Waals surface area contributed by atoms with Gasteiger partial charge in [0.2, 0.25) is 0 Å². The number of hydrogen-bond acceptors (Lipinski definition) is 6. The van der Waals surface area contributed by atoms with E-state index in [-0.39, 0.29) is 12.0 Å². The van der Waals surface area contributed by atoms with Crippen molar-refractivity contribution in [2.75, 3.05) is 44.8 Å². The zero-order valence-corrected chi connectivity index (χ0v) is 21.5. The summed E-state index contributed by atoms with van der Waals surface area (Å²) >= 11 is 0. The van der Waals surface area contributed by atoms with Crippen molar-refractivity contribution in [3.8, 4) is 0 Å². The first kappa shape index (κ1) is 26.1. The second kappa shape index (κ2) is 12.3. The van der Waals surface area contributed by atoms with Crippen molar-refractivity contribution in [1.82, 2.24) is 9.88 Å². The number of aliphatic carboxylic acids is 1. The highest BCUT2D eigenvalue weighted by Gasteiger charge is 2.36. The van der Waals surface area contributed by atoms with E-state index in [9.17, 15) is 14.3 Å². The monoisotopic (exact) mass is 511 g/mol. The molecule has 0 aliphatic carbocycles. The molecule has 5 rings (SSSR count). The summed E-state index contributed by atoms with van der Waals surface area (Å²) in [5.41, 5.74) is 3.71. The molecular weight excluding hydrogens is 473 g/mol. The van der Waals surface area contributed by atoms with E-state index in [1.54, 1.807) is 6.07 Å². The number of carbonyl (C=O) groups is 1. The lowest BCUT2D eigenvalue weighted by Gasteiger charge is -2.30. The Labute approximate surface area is 218 Å². The standard InChI is InChI=1S/C29H38FN3O4/c30-22-9-11-24(26-7-1-2-16-37-26)25(17-22)27(29(34)35)33-14-12-20(18-33)19-36-15-4-6-23-10-8-21-5-3-13-31-28(21)32-23/h8-11,17,20,26-27H,1-7,12-16,18-19H2,(H,31,32)(H,34,35)/t20-,26+,27?/m1/s1. The first-order valence-electron chi connectivity index (χ1n) is 13.8. The molecule has 2 N–H and O–H groups in total. The molecule has 3 atom stereocenters. The molecule has 1 unspecified atom stereocenters. The van der Waals surface area contributed by atoms with E-state index in [1.807, 2.05) is 4.90 Å². The summed E-state index contributed by atoms with van der Waals surface area (Å²) in [4.78, 5) is 19.1. The number of rotatable bonds is 10. The Morgan fingerprint density at radius 3 is 3.00 bits per heavy atom. The van der Waals surface area contributed by atoms with Gasteiger partial charge in [0.25, 0.3) is 0 Å². The zero-order chi connectivity index (χ0) is 25.6. The Bertz CT molecular complexity index is 1080. The van der Waals surface area contributed by atoms with Crippen molar-refractivity contribution in [3.63, 3.8) is 0 Å². The number of pyridine rings is 1. The van der Waals surface area contributed by atoms with Gasteiger partial charge in [0.15, 0.2) is 0 Å². The molecule has 4 heterocycles. The van der Waals surface area contributed by atoms with Crippen LogP contribution in [0.15, 0.2) is 30.3 Å². The zero-order valence-electron chi connectivity index (χ0n) is 21.5. The highest BCUT2D eigenvalue weighted by Crippen LogP contribution is 2.37. The fourth-order valence-corrected chi connectivity index (χ4v) is 5.89. The Morgan fingerprint density at radius 2 is 2.16 bits per heavy atom. The van der Waals surface area contributed by atoms with Crippen molar-refractivity contribution in [3.05, 3.63) is 58.5 Å². The number of nitrogens with zero attached hydrogens (tertiary/aromatic N) is 2. The van der Waals surface area contributed by atoms with Crippen LogP contribution in [0, 0.1) is 11.7 Å². The number of anilines is 1. The molecule has 0 saturated carbocycles. The van der Waals surface area contributed by atoms with Gasteiger partial charge in [-0.3, -0.25) is 9.69 Å². The van der Waals surface area contributed by atoms with E-state index in [0.29, 0.717) is 38.5 Å². The molecule has 1 aromatic heterocycles. The van der Waals surface area contributed by atoms with Crippen LogP contribution in [-0.4, -0.2) is 60.4 Å². The van der Waals surface area contributed by atoms with Crippen molar-refractivity contribution >= 4 is 11.8 Å². The molecule has 3 aliphatic rings. The summed E-state index contributed by atoms with van der Waals surface area (Å²) in [5, 5.41) is 13.6. The molecular formula is C29H38FN3O4. The van der Waals surface area contributed by atoms with Crippen LogP contribution in [0.25, 0.3) is 0 Å². The molecule has 37 heavy (non-hydrogen) atoms. The molecule has 7 nitrogen and oxygen atoms in total. The maximum Gasteiger partial charge on any atom is 0.325 e. The van der Waals surface area contributed by atoms with Gasteiger partial charge in [0, 0.05) is 32.0 Å². The van der Waals surface area contributed by atoms with Crippen LogP contribution in [-0.2, 0) is 27.1 Å². The molecule has 0 spiro atoms. The average Bonchev–Trinajstić information content (AvgIpc) is 3.37. The van der Waals surface area contributed by atoms with Crippen LogP contribution in [0.3, 0.4) is 0 Å². The van der Waals surface area contributed by atoms with Gasteiger partial charge in [0.1, 0.15) is 17.7 Å². The van der Waals surface area contributed by atoms with E-state index >= 15 is 0 Å². The number of hydrogen-bond donors (Lipinski definition) is 2. The number of benzene rings is 1. The Balaban J connectivity index is 1.13. The number of ether oxygens (including phenoxy) is 2. The fraction of sp³-hybridized carbons (Fsp3) is 0.586. The summed E-state index contributed by atoms with van der Waals surface area (Å²) in [6.45, 7) is 4.17. The molecule has 2 fully saturated rings. The van der Waals surface area contributed by atoms with E-state index in [2.05, 4.69) is 17.4 Å². The highest BCUT2D eigenvalue weighted by atomic mass is 19.1. The first-order valence-corrected chi connectivity index (χ1v) is 13.8. The SMILES string of the molecule is O=C(O)C(c1cc(F)ccc1[C@@H]1CCCCO1)N1CC[C@@H](COCCCc2ccc3c(n2)NCCC3)C1. The number of likely N-dealkylation sites (tertiary alicyclic amines) is 1. The van der Waals surface area contributed by atoms with Gasteiger partial charge < -0.3 is 19.9 Å². The van der Waals surface area contributed by atoms with E-state index in [1.165, 1.54) is 17.7 Å². The number of carboxylic acids is 1. The Hall–Kier alpha value is -2.55. The molecule has 3 aliphatic heterocycles. The Morgan fingerprint density at radius 1 is 1.24 bits per heavy atom. The predicted octanol–water partition coefficient (Wildman–Crippen LogP) is 4.92. The number of halogens is 1. The van der Waals surface area contributed by atoms with E-state index < -0.39 is 17.8 Å². The normalized spacial score (nSPS) is 22.8. The van der Waals surface area contributed by atoms with Gasteiger partial charge in [0.05, 0.1) is 12.7 Å². The largest absolute Gasteiger partial charge is 0.480 e. The lowest BCUT2D eigenvalue weighted by atomic mass is 9.92. The van der Waals surface area contributed by atoms with Crippen molar-refractivity contribution < 1.29 is 23.8 Å². The minimum absolute atomic E-state index is 0.173. The predicted molar refractivity (Wildman–Crippen MR) is 139 cm³/mol. The van der Waals surface area contributed by atoms with Crippen LogP contribution < -0.4 is 5.32 Å². The summed E-state index contributed by atoms with van der Waals surface area (Å²) in [6, 6.07) is 7.92. The Kier molecular flexibility index (Phi) is 8.69. The van der Waals surface area contributed by atoms with Gasteiger partial charge in [-0.2, -0.15) is 0 Å². The molecule has 2 aromatic rings. The van der Waals surface area contributed by atoms with Gasteiger partial charge in [-0.1, -0.05) is 12.1 Å². The van der Waals surface area contributed by atoms with Crippen LogP contribution in [0.2, 0.25) is 0 Å². The lowest BCUT2D eigenvalue weighted by molar-refractivity contribution is -0.143. The van der Waals surface area contributed by atoms with Crippen LogP contribution >= 0.6 is 0 Å². The van der Waals surface area contributed by atoms with Crippen molar-refractivity contribution in [2.24, 2.45) is 5.92 Å². The molecule has 1 aromatic carbocycles. The van der Waals surface area contributed by atoms with Crippen molar-refractivity contribution in [2.45, 2.75) is 63.5 Å². The van der Waals surface area contributed by atoms with Crippen LogP contribution in [0.1, 0.15) is 73.1 Å². The molecule has 0 radical (unpaired) electrons. The highest BCUT2D eigenvalue weighted by molar-refractivity contribution is 5.76. The quantitative estimate of drug-likeness (QED) is 0.438. The minimum atomic E-state index is -0.948. The summed E-state index contributed by atoms with van der Waals surface area (Å²) in [7, 11) is 0. The molecule has 2 saturated heterocycles. The van der Waals surface area contributed by atoms with Crippen LogP contribution in [0.5, 0.6) is 0 Å². The topological polar surface area (TPSA) is 83.9 Å². The maximum atomic E-state index is 14.3. The first-order chi connectivity index (χ1) is 18.1. The summed E-state index contributed by atoms with van der Waals surface area (Å²) in [5.74, 6) is -0.0728. The second-order valence-corrected chi connectivity index (χ2v) is 10.5. The summed E-state index contributed by atoms with van der Waals surface area (Å²) < 4.78 is 26.2. The van der Waals surface area contributed by atoms with Gasteiger partial charge in [-0.15, -0.1) is 0 Å². The molecule has 8 heteroatoms. The lowest BCUT2D eigenvalue weighted by Crippen LogP contribution is -2.34. The molecule has 0 amide bonds. The van der Waals surface area contributed by atoms with E-state index in [0.717, 1.165) is 75.0 Å². The van der Waals surface area contributed by atoms with Gasteiger partial charge in [-0.25, -0.2) is 9.37 Å². The third-order valence-corrected chi connectivity index (χ3v) is 7.81. The summed E-state index contributed by atoms with van der Waals surface area (Å²) in [6.07, 6.45) is 7.58. The number of nitrogens with one attached hydrogen (secondary N) is 1. The van der Waals surface area contributed by atoms with Crippen LogP contribution in [0.4, 0.5) is 10.2 Å². The third-order valence-electron chi connectivity index (χ3n) is 7.81. The maximum absolute atomic E-state index is 14.3. The smallest absolute Gasteiger partial charge is 0.325 e. The second-order valence-electron chi connectivity index (χ2n) is 10.5. The number of aryl methyl sites for hydroxylation is 2. The third kappa shape index (κ3) is 6.48. The van der Waals surface area contributed by atoms with Crippen molar-refractivity contribution in [1.29, 1.82) is 0 Å². The molecule has 0 bridgehead atoms. The molecule has 200 valence electrons. The average molecular weight is 512 g/mol. The van der Waals surface area contributed by atoms with Gasteiger partial charge >= 0.3 is 5.97 Å². The van der Waals surface area contributed by atoms with E-state index in [4.69, 9.17) is 14.5 Å². The minimum Gasteiger partial charge on any atom is -0.480 e. The fourth-order valence-electron chi connectivity index (χ4n) is 5.89. The number of aromatic nitrogens is 1.